The first kappa shape index (κ1) is 13.8. The van der Waals surface area contributed by atoms with Gasteiger partial charge in [-0.1, -0.05) is 6.07 Å². The molecule has 0 saturated carbocycles. The molecule has 110 valence electrons. The molecule has 6 nitrogen and oxygen atoms in total. The number of pyridine rings is 1. The van der Waals surface area contributed by atoms with Crippen LogP contribution in [0.5, 0.6) is 5.88 Å². The Morgan fingerprint density at radius 1 is 1.05 bits per heavy atom. The summed E-state index contributed by atoms with van der Waals surface area (Å²) in [5.74, 6) is 1.25. The van der Waals surface area contributed by atoms with Crippen LogP contribution in [0.25, 0.3) is 11.3 Å². The molecular weight excluding hydrogens is 278 g/mol. The zero-order valence-corrected chi connectivity index (χ0v) is 12.0. The fourth-order valence-electron chi connectivity index (χ4n) is 2.00. The van der Waals surface area contributed by atoms with Gasteiger partial charge >= 0.3 is 0 Å². The minimum atomic E-state index is 0.566. The van der Waals surface area contributed by atoms with E-state index in [1.165, 1.54) is 6.33 Å². The van der Waals surface area contributed by atoms with Crippen molar-refractivity contribution in [1.29, 1.82) is 0 Å². The zero-order chi connectivity index (χ0) is 15.4. The molecule has 0 aliphatic heterocycles. The number of aromatic nitrogens is 3. The standard InChI is InChI=1S/C16H15N5O/c1-22-16-6-5-11(9-18-16)14-8-15(20-10-19-14)21-13-4-2-3-12(17)7-13/h2-10H,17H2,1H3,(H,19,20,21). The van der Waals surface area contributed by atoms with Crippen LogP contribution in [0.15, 0.2) is 55.0 Å². The largest absolute Gasteiger partial charge is 0.481 e. The molecule has 0 amide bonds. The van der Waals surface area contributed by atoms with E-state index in [-0.39, 0.29) is 0 Å². The molecule has 0 saturated heterocycles. The first-order chi connectivity index (χ1) is 10.7. The van der Waals surface area contributed by atoms with E-state index in [2.05, 4.69) is 20.3 Å². The molecule has 3 aromatic rings. The molecule has 0 bridgehead atoms. The highest BCUT2D eigenvalue weighted by Crippen LogP contribution is 2.22. The monoisotopic (exact) mass is 293 g/mol. The SMILES string of the molecule is COc1ccc(-c2cc(Nc3cccc(N)c3)ncn2)cn1. The lowest BCUT2D eigenvalue weighted by molar-refractivity contribution is 0.398. The minimum absolute atomic E-state index is 0.566. The molecule has 3 N–H and O–H groups in total. The second-order valence-corrected chi connectivity index (χ2v) is 4.63. The molecule has 2 aromatic heterocycles. The summed E-state index contributed by atoms with van der Waals surface area (Å²) in [6, 6.07) is 13.0. The minimum Gasteiger partial charge on any atom is -0.481 e. The summed E-state index contributed by atoms with van der Waals surface area (Å²) in [5.41, 5.74) is 9.00. The maximum Gasteiger partial charge on any atom is 0.212 e. The number of ether oxygens (including phenoxy) is 1. The summed E-state index contributed by atoms with van der Waals surface area (Å²) in [4.78, 5) is 12.7. The van der Waals surface area contributed by atoms with Crippen LogP contribution in [0, 0.1) is 0 Å². The number of nitrogens with one attached hydrogen (secondary N) is 1. The Balaban J connectivity index is 1.85. The molecule has 0 aliphatic rings. The van der Waals surface area contributed by atoms with Crippen LogP contribution in [0.2, 0.25) is 0 Å². The number of methoxy groups -OCH3 is 1. The van der Waals surface area contributed by atoms with Gasteiger partial charge in [0.05, 0.1) is 12.8 Å². The Kier molecular flexibility index (Phi) is 3.82. The van der Waals surface area contributed by atoms with Gasteiger partial charge in [-0.05, 0) is 24.3 Å². The number of nitrogens with zero attached hydrogens (tertiary/aromatic N) is 3. The van der Waals surface area contributed by atoms with Gasteiger partial charge in [0.2, 0.25) is 5.88 Å². The van der Waals surface area contributed by atoms with Crippen molar-refractivity contribution in [2.45, 2.75) is 0 Å². The Hall–Kier alpha value is -3.15. The number of nitrogens with two attached hydrogens (primary N) is 1. The number of benzene rings is 1. The molecular formula is C16H15N5O. The molecule has 0 unspecified atom stereocenters. The van der Waals surface area contributed by atoms with Gasteiger partial charge in [0, 0.05) is 35.3 Å². The Labute approximate surface area is 128 Å². The molecule has 0 atom stereocenters. The fourth-order valence-corrected chi connectivity index (χ4v) is 2.00. The van der Waals surface area contributed by atoms with Crippen LogP contribution in [0.1, 0.15) is 0 Å². The second kappa shape index (κ2) is 6.09. The summed E-state index contributed by atoms with van der Waals surface area (Å²) < 4.78 is 5.05. The van der Waals surface area contributed by atoms with Gasteiger partial charge in [-0.3, -0.25) is 0 Å². The van der Waals surface area contributed by atoms with Gasteiger partial charge in [-0.15, -0.1) is 0 Å². The van der Waals surface area contributed by atoms with Crippen LogP contribution in [0.3, 0.4) is 0 Å². The van der Waals surface area contributed by atoms with E-state index in [0.29, 0.717) is 17.4 Å². The van der Waals surface area contributed by atoms with Crippen molar-refractivity contribution in [3.05, 3.63) is 55.0 Å². The third-order valence-electron chi connectivity index (χ3n) is 3.07. The van der Waals surface area contributed by atoms with E-state index in [9.17, 15) is 0 Å². The zero-order valence-electron chi connectivity index (χ0n) is 12.0. The van der Waals surface area contributed by atoms with Crippen molar-refractivity contribution in [3.8, 4) is 17.1 Å². The lowest BCUT2D eigenvalue weighted by Gasteiger charge is -2.08. The molecule has 1 aromatic carbocycles. The van der Waals surface area contributed by atoms with Gasteiger partial charge in [-0.2, -0.15) is 0 Å². The highest BCUT2D eigenvalue weighted by molar-refractivity contribution is 5.66. The highest BCUT2D eigenvalue weighted by atomic mass is 16.5. The molecule has 6 heteroatoms. The van der Waals surface area contributed by atoms with Crippen molar-refractivity contribution in [3.63, 3.8) is 0 Å². The number of anilines is 3. The summed E-state index contributed by atoms with van der Waals surface area (Å²) in [5, 5.41) is 3.20. The van der Waals surface area contributed by atoms with Crippen molar-refractivity contribution < 1.29 is 4.74 Å². The molecule has 0 radical (unpaired) electrons. The lowest BCUT2D eigenvalue weighted by Crippen LogP contribution is -1.96. The summed E-state index contributed by atoms with van der Waals surface area (Å²) >= 11 is 0. The van der Waals surface area contributed by atoms with E-state index >= 15 is 0 Å². The van der Waals surface area contributed by atoms with Crippen LogP contribution in [-0.2, 0) is 0 Å². The number of nitrogen functional groups attached to an aromatic ring is 1. The first-order valence-corrected chi connectivity index (χ1v) is 6.69. The lowest BCUT2D eigenvalue weighted by atomic mass is 10.2. The first-order valence-electron chi connectivity index (χ1n) is 6.69. The average Bonchev–Trinajstić information content (AvgIpc) is 2.55. The summed E-state index contributed by atoms with van der Waals surface area (Å²) in [6.07, 6.45) is 3.22. The molecule has 0 aliphatic carbocycles. The van der Waals surface area contributed by atoms with Gasteiger partial charge < -0.3 is 15.8 Å². The van der Waals surface area contributed by atoms with E-state index in [1.54, 1.807) is 19.4 Å². The van der Waals surface area contributed by atoms with E-state index in [0.717, 1.165) is 16.9 Å². The summed E-state index contributed by atoms with van der Waals surface area (Å²) in [7, 11) is 1.58. The summed E-state index contributed by atoms with van der Waals surface area (Å²) in [6.45, 7) is 0. The highest BCUT2D eigenvalue weighted by Gasteiger charge is 2.04. The van der Waals surface area contributed by atoms with Crippen molar-refractivity contribution >= 4 is 17.2 Å². The normalized spacial score (nSPS) is 10.2. The third-order valence-corrected chi connectivity index (χ3v) is 3.07. The maximum absolute atomic E-state index is 5.77. The number of hydrogen-bond acceptors (Lipinski definition) is 6. The molecule has 22 heavy (non-hydrogen) atoms. The van der Waals surface area contributed by atoms with Gasteiger partial charge in [0.15, 0.2) is 0 Å². The van der Waals surface area contributed by atoms with Crippen LogP contribution < -0.4 is 15.8 Å². The van der Waals surface area contributed by atoms with Crippen molar-refractivity contribution in [2.24, 2.45) is 0 Å². The fraction of sp³-hybridized carbons (Fsp3) is 0.0625. The van der Waals surface area contributed by atoms with Crippen molar-refractivity contribution in [1.82, 2.24) is 15.0 Å². The van der Waals surface area contributed by atoms with E-state index in [1.807, 2.05) is 36.4 Å². The Bertz CT molecular complexity index is 773. The smallest absolute Gasteiger partial charge is 0.212 e. The van der Waals surface area contributed by atoms with Crippen LogP contribution >= 0.6 is 0 Å². The van der Waals surface area contributed by atoms with Gasteiger partial charge in [0.25, 0.3) is 0 Å². The molecule has 0 fully saturated rings. The molecule has 3 rings (SSSR count). The Morgan fingerprint density at radius 3 is 2.68 bits per heavy atom. The van der Waals surface area contributed by atoms with Gasteiger partial charge in [-0.25, -0.2) is 15.0 Å². The van der Waals surface area contributed by atoms with Crippen LogP contribution in [-0.4, -0.2) is 22.1 Å². The number of rotatable bonds is 4. The topological polar surface area (TPSA) is 86.0 Å². The second-order valence-electron chi connectivity index (χ2n) is 4.63. The maximum atomic E-state index is 5.77. The molecule has 2 heterocycles. The van der Waals surface area contributed by atoms with E-state index < -0.39 is 0 Å². The van der Waals surface area contributed by atoms with Crippen molar-refractivity contribution in [2.75, 3.05) is 18.2 Å². The van der Waals surface area contributed by atoms with E-state index in [4.69, 9.17) is 10.5 Å². The quantitative estimate of drug-likeness (QED) is 0.719. The average molecular weight is 293 g/mol. The Morgan fingerprint density at radius 2 is 1.95 bits per heavy atom. The predicted molar refractivity (Wildman–Crippen MR) is 86.0 cm³/mol. The third kappa shape index (κ3) is 3.12. The number of hydrogen-bond donors (Lipinski definition) is 2. The van der Waals surface area contributed by atoms with Gasteiger partial charge in [0.1, 0.15) is 12.1 Å². The van der Waals surface area contributed by atoms with Crippen LogP contribution in [0.4, 0.5) is 17.2 Å². The predicted octanol–water partition coefficient (Wildman–Crippen LogP) is 2.87. The molecule has 0 spiro atoms.